The van der Waals surface area contributed by atoms with Crippen LogP contribution in [0.4, 0.5) is 13.2 Å². The molecule has 1 N–H and O–H groups in total. The molecule has 11 heteroatoms. The van der Waals surface area contributed by atoms with Crippen LogP contribution in [-0.4, -0.2) is 71.4 Å². The number of hydrogen-bond donors (Lipinski definition) is 1. The summed E-state index contributed by atoms with van der Waals surface area (Å²) in [5.74, 6) is 0.0110. The van der Waals surface area contributed by atoms with Crippen LogP contribution in [0.15, 0.2) is 11.2 Å². The van der Waals surface area contributed by atoms with Gasteiger partial charge in [-0.15, -0.1) is 24.0 Å². The number of aryl methyl sites for hydroxylation is 1. The van der Waals surface area contributed by atoms with E-state index in [1.807, 2.05) is 32.1 Å². The van der Waals surface area contributed by atoms with Gasteiger partial charge in [0.15, 0.2) is 5.96 Å². The Morgan fingerprint density at radius 3 is 2.43 bits per heavy atom. The molecule has 0 bridgehead atoms. The van der Waals surface area contributed by atoms with E-state index in [1.54, 1.807) is 4.68 Å². The number of amides is 1. The maximum absolute atomic E-state index is 12.4. The van der Waals surface area contributed by atoms with Crippen LogP contribution in [0.5, 0.6) is 0 Å². The molecule has 1 amide bonds. The minimum absolute atomic E-state index is 0. The first kappa shape index (κ1) is 26.5. The first-order chi connectivity index (χ1) is 12.4. The normalized spacial score (nSPS) is 12.0. The summed E-state index contributed by atoms with van der Waals surface area (Å²) in [4.78, 5) is 18.6. The molecule has 0 saturated carbocycles. The lowest BCUT2D eigenvalue weighted by Crippen LogP contribution is -2.41. The molecule has 1 aromatic rings. The van der Waals surface area contributed by atoms with Gasteiger partial charge in [-0.3, -0.25) is 9.48 Å². The van der Waals surface area contributed by atoms with Crippen LogP contribution >= 0.6 is 24.0 Å². The SMILES string of the molecule is CCNC(=NCC(=O)N(C)CC(F)(F)F)N(C)Cc1cn(C)nc1C(C)C.I. The number of carbonyl (C=O) groups excluding carboxylic acids is 1. The average molecular weight is 518 g/mol. The molecule has 0 saturated heterocycles. The summed E-state index contributed by atoms with van der Waals surface area (Å²) in [6.07, 6.45) is -2.50. The molecule has 0 spiro atoms. The number of halogens is 4. The van der Waals surface area contributed by atoms with Crippen molar-refractivity contribution < 1.29 is 18.0 Å². The molecule has 7 nitrogen and oxygen atoms in total. The van der Waals surface area contributed by atoms with E-state index in [0.29, 0.717) is 23.9 Å². The second kappa shape index (κ2) is 11.5. The third-order valence-electron chi connectivity index (χ3n) is 3.79. The van der Waals surface area contributed by atoms with Gasteiger partial charge in [-0.1, -0.05) is 13.8 Å². The van der Waals surface area contributed by atoms with Gasteiger partial charge in [0.25, 0.3) is 0 Å². The van der Waals surface area contributed by atoms with Gasteiger partial charge in [0.05, 0.1) is 5.69 Å². The maximum Gasteiger partial charge on any atom is 0.406 e. The minimum atomic E-state index is -4.43. The summed E-state index contributed by atoms with van der Waals surface area (Å²) in [6, 6.07) is 0. The van der Waals surface area contributed by atoms with E-state index in [9.17, 15) is 18.0 Å². The van der Waals surface area contributed by atoms with E-state index in [4.69, 9.17) is 0 Å². The Labute approximate surface area is 181 Å². The van der Waals surface area contributed by atoms with Crippen molar-refractivity contribution in [1.29, 1.82) is 0 Å². The van der Waals surface area contributed by atoms with Crippen molar-refractivity contribution >= 4 is 35.8 Å². The number of nitrogens with zero attached hydrogens (tertiary/aromatic N) is 5. The number of rotatable bonds is 7. The van der Waals surface area contributed by atoms with Crippen molar-refractivity contribution in [3.8, 4) is 0 Å². The Morgan fingerprint density at radius 2 is 1.93 bits per heavy atom. The second-order valence-electron chi connectivity index (χ2n) is 6.76. The number of hydrogen-bond acceptors (Lipinski definition) is 3. The van der Waals surface area contributed by atoms with E-state index in [1.165, 1.54) is 0 Å². The highest BCUT2D eigenvalue weighted by Crippen LogP contribution is 2.18. The summed E-state index contributed by atoms with van der Waals surface area (Å²) in [5, 5.41) is 7.52. The van der Waals surface area contributed by atoms with Gasteiger partial charge in [0.1, 0.15) is 13.1 Å². The topological polar surface area (TPSA) is 65.8 Å². The fourth-order valence-corrected chi connectivity index (χ4v) is 2.58. The number of alkyl halides is 3. The monoisotopic (exact) mass is 518 g/mol. The molecule has 0 aromatic carbocycles. The molecular weight excluding hydrogens is 488 g/mol. The third-order valence-corrected chi connectivity index (χ3v) is 3.79. The lowest BCUT2D eigenvalue weighted by molar-refractivity contribution is -0.157. The van der Waals surface area contributed by atoms with Gasteiger partial charge in [-0.25, -0.2) is 4.99 Å². The van der Waals surface area contributed by atoms with E-state index < -0.39 is 18.6 Å². The highest BCUT2D eigenvalue weighted by molar-refractivity contribution is 14.0. The Balaban J connectivity index is 0.00000729. The molecule has 0 fully saturated rings. The second-order valence-corrected chi connectivity index (χ2v) is 6.76. The quantitative estimate of drug-likeness (QED) is 0.343. The number of guanidine groups is 1. The predicted octanol–water partition coefficient (Wildman–Crippen LogP) is 2.58. The summed E-state index contributed by atoms with van der Waals surface area (Å²) >= 11 is 0. The zero-order valence-corrected chi connectivity index (χ0v) is 19.5. The Hall–Kier alpha value is -1.53. The number of likely N-dealkylation sites (N-methyl/N-ethyl adjacent to an activating group) is 1. The molecule has 0 unspecified atom stereocenters. The van der Waals surface area contributed by atoms with Crippen molar-refractivity contribution in [2.24, 2.45) is 12.0 Å². The molecule has 1 aromatic heterocycles. The first-order valence-corrected chi connectivity index (χ1v) is 8.77. The van der Waals surface area contributed by atoms with Crippen LogP contribution in [-0.2, 0) is 18.4 Å². The van der Waals surface area contributed by atoms with Crippen LogP contribution in [0, 0.1) is 0 Å². The van der Waals surface area contributed by atoms with Crippen LogP contribution in [0.1, 0.15) is 37.9 Å². The predicted molar refractivity (Wildman–Crippen MR) is 114 cm³/mol. The van der Waals surface area contributed by atoms with Gasteiger partial charge in [-0.05, 0) is 12.8 Å². The molecule has 28 heavy (non-hydrogen) atoms. The van der Waals surface area contributed by atoms with Crippen LogP contribution in [0.2, 0.25) is 0 Å². The van der Waals surface area contributed by atoms with E-state index in [-0.39, 0.29) is 36.4 Å². The molecule has 0 aliphatic heterocycles. The molecule has 1 rings (SSSR count). The number of aliphatic imine (C=N–C) groups is 1. The zero-order chi connectivity index (χ0) is 20.8. The van der Waals surface area contributed by atoms with Gasteiger partial charge >= 0.3 is 6.18 Å². The van der Waals surface area contributed by atoms with E-state index >= 15 is 0 Å². The molecule has 1 heterocycles. The van der Waals surface area contributed by atoms with Crippen molar-refractivity contribution in [2.75, 3.05) is 33.7 Å². The summed E-state index contributed by atoms with van der Waals surface area (Å²) in [6.45, 7) is 5.43. The number of carbonyl (C=O) groups is 1. The fourth-order valence-electron chi connectivity index (χ4n) is 2.58. The summed E-state index contributed by atoms with van der Waals surface area (Å²) in [5.41, 5.74) is 2.00. The lowest BCUT2D eigenvalue weighted by atomic mass is 10.1. The van der Waals surface area contributed by atoms with Gasteiger partial charge in [0, 0.05) is 46.0 Å². The van der Waals surface area contributed by atoms with Gasteiger partial charge in [0.2, 0.25) is 5.91 Å². The minimum Gasteiger partial charge on any atom is -0.357 e. The highest BCUT2D eigenvalue weighted by Gasteiger charge is 2.31. The van der Waals surface area contributed by atoms with E-state index in [2.05, 4.69) is 29.3 Å². The standard InChI is InChI=1S/C17H29F3N6O.HI/c1-7-21-16(22-8-14(27)25(5)11-17(18,19)20)24(4)9-13-10-26(6)23-15(13)12(2)3;/h10,12H,7-9,11H2,1-6H3,(H,21,22);1H. The molecule has 0 radical (unpaired) electrons. The summed E-state index contributed by atoms with van der Waals surface area (Å²) in [7, 11) is 4.78. The Kier molecular flexibility index (Phi) is 10.8. The van der Waals surface area contributed by atoms with Gasteiger partial charge in [-0.2, -0.15) is 18.3 Å². The number of aromatic nitrogens is 2. The van der Waals surface area contributed by atoms with Crippen molar-refractivity contribution in [3.05, 3.63) is 17.5 Å². The highest BCUT2D eigenvalue weighted by atomic mass is 127. The third kappa shape index (κ3) is 8.65. The van der Waals surface area contributed by atoms with Crippen LogP contribution in [0.25, 0.3) is 0 Å². The maximum atomic E-state index is 12.4. The summed E-state index contributed by atoms with van der Waals surface area (Å²) < 4.78 is 39.0. The zero-order valence-electron chi connectivity index (χ0n) is 17.2. The first-order valence-electron chi connectivity index (χ1n) is 8.77. The van der Waals surface area contributed by atoms with Gasteiger partial charge < -0.3 is 15.1 Å². The molecule has 162 valence electrons. The number of nitrogens with one attached hydrogen (secondary N) is 1. The smallest absolute Gasteiger partial charge is 0.357 e. The molecule has 0 atom stereocenters. The van der Waals surface area contributed by atoms with Crippen molar-refractivity contribution in [2.45, 2.75) is 39.4 Å². The average Bonchev–Trinajstić information content (AvgIpc) is 2.89. The van der Waals surface area contributed by atoms with Crippen molar-refractivity contribution in [1.82, 2.24) is 24.9 Å². The molecule has 0 aliphatic carbocycles. The van der Waals surface area contributed by atoms with Crippen molar-refractivity contribution in [3.63, 3.8) is 0 Å². The Bertz CT molecular complexity index is 660. The fraction of sp³-hybridized carbons (Fsp3) is 0.706. The Morgan fingerprint density at radius 1 is 1.32 bits per heavy atom. The lowest BCUT2D eigenvalue weighted by Gasteiger charge is -2.23. The van der Waals surface area contributed by atoms with E-state index in [0.717, 1.165) is 18.3 Å². The molecule has 0 aliphatic rings. The largest absolute Gasteiger partial charge is 0.406 e. The molecular formula is C17H30F3IN6O. The van der Waals surface area contributed by atoms with Crippen LogP contribution < -0.4 is 5.32 Å². The van der Waals surface area contributed by atoms with Crippen LogP contribution in [0.3, 0.4) is 0 Å².